The number of hydrogen-bond donors (Lipinski definition) is 0. The first-order valence-electron chi connectivity index (χ1n) is 11.6. The van der Waals surface area contributed by atoms with Crippen molar-refractivity contribution in [2.24, 2.45) is 20.0 Å². The van der Waals surface area contributed by atoms with Gasteiger partial charge in [0.15, 0.2) is 0 Å². The van der Waals surface area contributed by atoms with Gasteiger partial charge < -0.3 is 0 Å². The lowest BCUT2D eigenvalue weighted by atomic mass is 9.28. The minimum atomic E-state index is -0.391. The van der Waals surface area contributed by atoms with Gasteiger partial charge in [-0.25, -0.2) is 8.78 Å². The molecule has 13 heteroatoms. The topological polar surface area (TPSA) is 49.4 Å². The Balaban J connectivity index is 1.43. The molecule has 2 aliphatic heterocycles. The number of fused-ring (bicyclic) bond motifs is 2. The number of rotatable bonds is 8. The van der Waals surface area contributed by atoms with Crippen LogP contribution in [0.1, 0.15) is 16.0 Å². The summed E-state index contributed by atoms with van der Waals surface area (Å²) in [5, 5.41) is 2.34. The number of benzene rings is 2. The van der Waals surface area contributed by atoms with Gasteiger partial charge in [0.05, 0.1) is 39.7 Å². The zero-order valence-corrected chi connectivity index (χ0v) is 21.2. The van der Waals surface area contributed by atoms with E-state index in [1.807, 2.05) is 24.3 Å². The first kappa shape index (κ1) is 24.6. The van der Waals surface area contributed by atoms with Gasteiger partial charge in [-0.05, 0) is 51.1 Å². The molecule has 2 aromatic heterocycles. The zero-order valence-electron chi connectivity index (χ0n) is 19.5. The summed E-state index contributed by atoms with van der Waals surface area (Å²) in [4.78, 5) is 20.6. The molecule has 0 spiro atoms. The van der Waals surface area contributed by atoms with Crippen LogP contribution in [0.15, 0.2) is 56.4 Å². The van der Waals surface area contributed by atoms with Crippen molar-refractivity contribution in [3.05, 3.63) is 85.5 Å². The third-order valence-electron chi connectivity index (χ3n) is 6.27. The summed E-state index contributed by atoms with van der Waals surface area (Å²) in [6, 6.07) is 10.5. The lowest BCUT2D eigenvalue weighted by Gasteiger charge is -2.09. The van der Waals surface area contributed by atoms with Gasteiger partial charge in [0.25, 0.3) is 0 Å². The van der Waals surface area contributed by atoms with Gasteiger partial charge in [0.2, 0.25) is 0 Å². The first-order valence-corrected chi connectivity index (χ1v) is 13.2. The molecule has 2 aliphatic rings. The quantitative estimate of drug-likeness (QED) is 0.312. The molecule has 4 heterocycles. The SMILES string of the molecule is [B][B][B]c1ccc(-c2c(F)cc(Cc3cc(F)c(-c4ccc(C[B][B])s4)c4c3=NCN=4)c3c2=NCN=3)s1. The van der Waals surface area contributed by atoms with Crippen LogP contribution in [0.4, 0.5) is 8.78 Å². The smallest absolute Gasteiger partial charge is 0.134 e. The average Bonchev–Trinajstić information content (AvgIpc) is 3.67. The minimum Gasteiger partial charge on any atom is -0.259 e. The van der Waals surface area contributed by atoms with Crippen LogP contribution < -0.4 is 26.2 Å². The van der Waals surface area contributed by atoms with Crippen LogP contribution in [-0.2, 0) is 12.7 Å². The Morgan fingerprint density at radius 2 is 1.32 bits per heavy atom. The molecule has 171 valence electrons. The van der Waals surface area contributed by atoms with E-state index in [2.05, 4.69) is 20.0 Å². The van der Waals surface area contributed by atoms with Crippen molar-refractivity contribution < 1.29 is 8.78 Å². The van der Waals surface area contributed by atoms with Crippen molar-refractivity contribution in [2.75, 3.05) is 13.3 Å². The van der Waals surface area contributed by atoms with Crippen molar-refractivity contribution in [3.63, 3.8) is 0 Å². The highest BCUT2D eigenvalue weighted by molar-refractivity contribution is 7.37. The Bertz CT molecular complexity index is 1660. The molecule has 4 aromatic rings. The van der Waals surface area contributed by atoms with E-state index in [1.165, 1.54) is 41.9 Å². The second-order valence-corrected chi connectivity index (χ2v) is 10.8. The average molecular weight is 515 g/mol. The van der Waals surface area contributed by atoms with Gasteiger partial charge in [0.1, 0.15) is 32.1 Å². The summed E-state index contributed by atoms with van der Waals surface area (Å²) >= 11 is 2.91. The first-order chi connectivity index (χ1) is 18.1. The molecule has 0 bridgehead atoms. The summed E-state index contributed by atoms with van der Waals surface area (Å²) < 4.78 is 32.0. The molecule has 4 nitrogen and oxygen atoms in total. The summed E-state index contributed by atoms with van der Waals surface area (Å²) in [6.45, 7) is 0.461. The zero-order chi connectivity index (χ0) is 25.5. The normalized spacial score (nSPS) is 13.1. The molecule has 0 unspecified atom stereocenters. The maximum atomic E-state index is 15.5. The van der Waals surface area contributed by atoms with E-state index in [4.69, 9.17) is 15.5 Å². The molecule has 0 saturated carbocycles. The molecule has 0 atom stereocenters. The fourth-order valence-corrected chi connectivity index (χ4v) is 6.72. The monoisotopic (exact) mass is 515 g/mol. The van der Waals surface area contributed by atoms with Crippen LogP contribution in [0.25, 0.3) is 20.9 Å². The van der Waals surface area contributed by atoms with E-state index in [0.717, 1.165) is 19.4 Å². The summed E-state index contributed by atoms with van der Waals surface area (Å²) in [7, 11) is 15.9. The summed E-state index contributed by atoms with van der Waals surface area (Å²) in [5.74, 6) is -0.771. The van der Waals surface area contributed by atoms with Crippen molar-refractivity contribution in [1.82, 2.24) is 0 Å². The van der Waals surface area contributed by atoms with Crippen LogP contribution in [-0.4, -0.2) is 50.2 Å². The van der Waals surface area contributed by atoms with Gasteiger partial charge in [-0.1, -0.05) is 12.4 Å². The Kier molecular flexibility index (Phi) is 6.75. The van der Waals surface area contributed by atoms with Crippen molar-refractivity contribution in [1.29, 1.82) is 0 Å². The fourth-order valence-electron chi connectivity index (χ4n) is 4.72. The Hall–Kier alpha value is -2.78. The molecule has 2 aromatic carbocycles. The van der Waals surface area contributed by atoms with Gasteiger partial charge >= 0.3 is 0 Å². The predicted molar refractivity (Wildman–Crippen MR) is 149 cm³/mol. The van der Waals surface area contributed by atoms with Gasteiger partial charge in [0, 0.05) is 38.7 Å². The highest BCUT2D eigenvalue weighted by Crippen LogP contribution is 2.29. The standard InChI is InChI=1S/C24H14B5F2N4S2/c25-27-8-13-1-2-16(36-13)19-14(30)6-11(21-23(19)34-9-32-21)5-12-7-15(31)20(24-22(12)33-10-35-24)17-3-4-18(37-17)28-29-26/h1-4,6-7H,5,8-10H2. The molecular weight excluding hydrogens is 500 g/mol. The van der Waals surface area contributed by atoms with Gasteiger partial charge in [-0.3, -0.25) is 20.0 Å². The number of halogens is 2. The van der Waals surface area contributed by atoms with Crippen molar-refractivity contribution >= 4 is 64.3 Å². The molecule has 0 saturated heterocycles. The maximum Gasteiger partial charge on any atom is 0.134 e. The molecular formula is C24H14B5F2N4S2. The van der Waals surface area contributed by atoms with E-state index < -0.39 is 5.82 Å². The fraction of sp³-hybridized carbons (Fsp3) is 0.167. The minimum absolute atomic E-state index is 0.228. The molecule has 6 rings (SSSR count). The summed E-state index contributed by atoms with van der Waals surface area (Å²) in [6.07, 6.45) is 0.881. The highest BCUT2D eigenvalue weighted by atomic mass is 32.1. The van der Waals surface area contributed by atoms with Crippen LogP contribution in [0, 0.1) is 11.6 Å². The molecule has 7 radical (unpaired) electrons. The third-order valence-corrected chi connectivity index (χ3v) is 8.46. The maximum absolute atomic E-state index is 15.5. The highest BCUT2D eigenvalue weighted by Gasteiger charge is 2.21. The van der Waals surface area contributed by atoms with Gasteiger partial charge in [-0.15, -0.1) is 11.3 Å². The number of thiophene rings is 2. The van der Waals surface area contributed by atoms with Crippen molar-refractivity contribution in [2.45, 2.75) is 12.7 Å². The van der Waals surface area contributed by atoms with E-state index in [9.17, 15) is 0 Å². The molecule has 0 aliphatic carbocycles. The van der Waals surface area contributed by atoms with E-state index in [0.29, 0.717) is 50.0 Å². The Morgan fingerprint density at radius 3 is 1.92 bits per heavy atom. The second kappa shape index (κ2) is 10.2. The largest absolute Gasteiger partial charge is 0.259 e. The predicted octanol–water partition coefficient (Wildman–Crippen LogP) is 0.753. The lowest BCUT2D eigenvalue weighted by molar-refractivity contribution is 0.625. The Morgan fingerprint density at radius 1 is 0.757 bits per heavy atom. The third kappa shape index (κ3) is 4.46. The Labute approximate surface area is 224 Å². The lowest BCUT2D eigenvalue weighted by Crippen LogP contribution is -2.33. The van der Waals surface area contributed by atoms with E-state index in [-0.39, 0.29) is 25.6 Å². The molecule has 0 N–H and O–H groups in total. The van der Waals surface area contributed by atoms with Crippen LogP contribution in [0.3, 0.4) is 0 Å². The molecule has 0 amide bonds. The number of nitrogens with zero attached hydrogens (tertiary/aromatic N) is 4. The van der Waals surface area contributed by atoms with Gasteiger partial charge in [-0.2, -0.15) is 11.3 Å². The van der Waals surface area contributed by atoms with Crippen LogP contribution in [0.5, 0.6) is 0 Å². The second-order valence-electron chi connectivity index (χ2n) is 8.54. The summed E-state index contributed by atoms with van der Waals surface area (Å²) in [5.41, 5.74) is 2.16. The molecule has 0 fully saturated rings. The van der Waals surface area contributed by atoms with E-state index >= 15 is 8.78 Å². The van der Waals surface area contributed by atoms with E-state index in [1.54, 1.807) is 14.3 Å². The van der Waals surface area contributed by atoms with Crippen LogP contribution >= 0.6 is 22.7 Å². The molecule has 37 heavy (non-hydrogen) atoms. The number of hydrogen-bond acceptors (Lipinski definition) is 6. The van der Waals surface area contributed by atoms with Crippen molar-refractivity contribution in [3.8, 4) is 20.9 Å². The van der Waals surface area contributed by atoms with Crippen LogP contribution in [0.2, 0.25) is 0 Å².